The largest absolute Gasteiger partial charge is 0.355 e. The highest BCUT2D eigenvalue weighted by molar-refractivity contribution is 5.79. The van der Waals surface area contributed by atoms with Gasteiger partial charge in [0.05, 0.1) is 0 Å². The van der Waals surface area contributed by atoms with E-state index in [1.807, 2.05) is 12.1 Å². The average molecular weight is 379 g/mol. The van der Waals surface area contributed by atoms with Crippen LogP contribution in [-0.4, -0.2) is 44.3 Å². The Bertz CT molecular complexity index is 982. The van der Waals surface area contributed by atoms with Crippen molar-refractivity contribution < 1.29 is 4.79 Å². The molecule has 4 rings (SSSR count). The molecule has 0 aliphatic carbocycles. The molecule has 1 aliphatic heterocycles. The van der Waals surface area contributed by atoms with E-state index in [1.165, 1.54) is 26.9 Å². The number of hydrogen-bond acceptors (Lipinski definition) is 6. The van der Waals surface area contributed by atoms with Crippen LogP contribution in [0.3, 0.4) is 0 Å². The SMILES string of the molecule is Cc1cc(C)c(CNC(=O)C2CCN(c3ccc4nnnn4n3)CC2)c(C)c1. The number of hydrogen-bond donors (Lipinski definition) is 1. The first-order chi connectivity index (χ1) is 13.5. The molecule has 0 unspecified atom stereocenters. The van der Waals surface area contributed by atoms with Crippen LogP contribution in [0.2, 0.25) is 0 Å². The molecule has 0 radical (unpaired) electrons. The van der Waals surface area contributed by atoms with Crippen molar-refractivity contribution in [3.05, 3.63) is 46.5 Å². The number of piperidine rings is 1. The molecular formula is C20H25N7O. The van der Waals surface area contributed by atoms with E-state index in [9.17, 15) is 4.79 Å². The number of anilines is 1. The topological polar surface area (TPSA) is 88.3 Å². The summed E-state index contributed by atoms with van der Waals surface area (Å²) < 4.78 is 1.43. The van der Waals surface area contributed by atoms with Gasteiger partial charge in [0.2, 0.25) is 5.91 Å². The average Bonchev–Trinajstić information content (AvgIpc) is 3.15. The summed E-state index contributed by atoms with van der Waals surface area (Å²) in [7, 11) is 0. The molecule has 0 saturated carbocycles. The van der Waals surface area contributed by atoms with Crippen LogP contribution in [0.5, 0.6) is 0 Å². The number of aryl methyl sites for hydroxylation is 3. The minimum absolute atomic E-state index is 0.0408. The highest BCUT2D eigenvalue weighted by atomic mass is 16.1. The van der Waals surface area contributed by atoms with Gasteiger partial charge in [-0.05, 0) is 72.9 Å². The van der Waals surface area contributed by atoms with Gasteiger partial charge < -0.3 is 10.2 Å². The molecule has 1 amide bonds. The summed E-state index contributed by atoms with van der Waals surface area (Å²) in [5.74, 6) is 1.02. The van der Waals surface area contributed by atoms with Gasteiger partial charge in [0, 0.05) is 25.6 Å². The first-order valence-electron chi connectivity index (χ1n) is 9.66. The fourth-order valence-corrected chi connectivity index (χ4v) is 3.99. The molecule has 1 saturated heterocycles. The predicted octanol–water partition coefficient (Wildman–Crippen LogP) is 1.98. The molecular weight excluding hydrogens is 354 g/mol. The van der Waals surface area contributed by atoms with Crippen LogP contribution in [-0.2, 0) is 11.3 Å². The highest BCUT2D eigenvalue weighted by Gasteiger charge is 2.26. The van der Waals surface area contributed by atoms with Crippen LogP contribution in [0.4, 0.5) is 5.82 Å². The van der Waals surface area contributed by atoms with Crippen molar-refractivity contribution in [2.24, 2.45) is 5.92 Å². The quantitative estimate of drug-likeness (QED) is 0.746. The maximum absolute atomic E-state index is 12.7. The Hall–Kier alpha value is -3.03. The zero-order valence-corrected chi connectivity index (χ0v) is 16.5. The number of rotatable bonds is 4. The van der Waals surface area contributed by atoms with Gasteiger partial charge in [-0.25, -0.2) is 0 Å². The van der Waals surface area contributed by atoms with Crippen molar-refractivity contribution in [1.82, 2.24) is 30.6 Å². The van der Waals surface area contributed by atoms with E-state index in [0.29, 0.717) is 12.2 Å². The zero-order chi connectivity index (χ0) is 19.7. The van der Waals surface area contributed by atoms with E-state index in [0.717, 1.165) is 31.7 Å². The van der Waals surface area contributed by atoms with Crippen LogP contribution in [0.15, 0.2) is 24.3 Å². The summed E-state index contributed by atoms with van der Waals surface area (Å²) in [6, 6.07) is 8.12. The maximum Gasteiger partial charge on any atom is 0.223 e. The molecule has 8 heteroatoms. The van der Waals surface area contributed by atoms with Crippen LogP contribution in [0.1, 0.15) is 35.1 Å². The normalized spacial score (nSPS) is 15.2. The summed E-state index contributed by atoms with van der Waals surface area (Å²) in [5, 5.41) is 18.9. The Morgan fingerprint density at radius 1 is 1.14 bits per heavy atom. The highest BCUT2D eigenvalue weighted by Crippen LogP contribution is 2.22. The monoisotopic (exact) mass is 379 g/mol. The molecule has 1 aromatic carbocycles. The third kappa shape index (κ3) is 3.67. The molecule has 0 spiro atoms. The van der Waals surface area contributed by atoms with Crippen molar-refractivity contribution >= 4 is 17.4 Å². The molecule has 1 fully saturated rings. The fraction of sp³-hybridized carbons (Fsp3) is 0.450. The number of nitrogens with zero attached hydrogens (tertiary/aromatic N) is 6. The lowest BCUT2D eigenvalue weighted by atomic mass is 9.95. The Labute approximate surface area is 163 Å². The van der Waals surface area contributed by atoms with E-state index < -0.39 is 0 Å². The molecule has 1 aliphatic rings. The minimum atomic E-state index is 0.0408. The number of tetrazole rings is 1. The number of aromatic nitrogens is 5. The molecule has 0 atom stereocenters. The number of amides is 1. The molecule has 8 nitrogen and oxygen atoms in total. The van der Waals surface area contributed by atoms with E-state index in [2.05, 4.69) is 63.7 Å². The second-order valence-corrected chi connectivity index (χ2v) is 7.57. The second kappa shape index (κ2) is 7.53. The smallest absolute Gasteiger partial charge is 0.223 e. The van der Waals surface area contributed by atoms with Gasteiger partial charge in [0.25, 0.3) is 0 Å². The molecule has 3 aromatic rings. The van der Waals surface area contributed by atoms with Crippen molar-refractivity contribution in [2.75, 3.05) is 18.0 Å². The molecule has 1 N–H and O–H groups in total. The van der Waals surface area contributed by atoms with E-state index in [1.54, 1.807) is 0 Å². The maximum atomic E-state index is 12.7. The number of fused-ring (bicyclic) bond motifs is 1. The van der Waals surface area contributed by atoms with Gasteiger partial charge in [0.1, 0.15) is 0 Å². The van der Waals surface area contributed by atoms with Crippen LogP contribution >= 0.6 is 0 Å². The van der Waals surface area contributed by atoms with Gasteiger partial charge in [-0.1, -0.05) is 17.7 Å². The summed E-state index contributed by atoms with van der Waals surface area (Å²) in [6.07, 6.45) is 1.63. The molecule has 2 aromatic heterocycles. The Balaban J connectivity index is 1.34. The Kier molecular flexibility index (Phi) is 4.93. The summed E-state index contributed by atoms with van der Waals surface area (Å²) >= 11 is 0. The standard InChI is InChI=1S/C20H25N7O/c1-13-10-14(2)17(15(3)11-13)12-21-20(28)16-6-8-26(9-7-16)19-5-4-18-22-24-25-27(18)23-19/h4-5,10-11,16H,6-9,12H2,1-3H3,(H,21,28). The van der Waals surface area contributed by atoms with Crippen LogP contribution in [0.25, 0.3) is 5.65 Å². The number of carbonyl (C=O) groups excluding carboxylic acids is 1. The van der Waals surface area contributed by atoms with Gasteiger partial charge in [-0.15, -0.1) is 14.8 Å². The minimum Gasteiger partial charge on any atom is -0.355 e. The number of nitrogens with one attached hydrogen (secondary N) is 1. The predicted molar refractivity (Wildman–Crippen MR) is 106 cm³/mol. The van der Waals surface area contributed by atoms with E-state index >= 15 is 0 Å². The molecule has 146 valence electrons. The van der Waals surface area contributed by atoms with Gasteiger partial charge in [0.15, 0.2) is 11.5 Å². The lowest BCUT2D eigenvalue weighted by Gasteiger charge is -2.32. The van der Waals surface area contributed by atoms with Gasteiger partial charge >= 0.3 is 0 Å². The summed E-state index contributed by atoms with van der Waals surface area (Å²) in [5.41, 5.74) is 5.56. The third-order valence-corrected chi connectivity index (χ3v) is 5.52. The molecule has 28 heavy (non-hydrogen) atoms. The lowest BCUT2D eigenvalue weighted by molar-refractivity contribution is -0.125. The summed E-state index contributed by atoms with van der Waals surface area (Å²) in [4.78, 5) is 14.8. The van der Waals surface area contributed by atoms with E-state index in [4.69, 9.17) is 0 Å². The second-order valence-electron chi connectivity index (χ2n) is 7.57. The zero-order valence-electron chi connectivity index (χ0n) is 16.5. The van der Waals surface area contributed by atoms with E-state index in [-0.39, 0.29) is 11.8 Å². The fourth-order valence-electron chi connectivity index (χ4n) is 3.99. The Morgan fingerprint density at radius 3 is 2.57 bits per heavy atom. The summed E-state index contributed by atoms with van der Waals surface area (Å²) in [6.45, 7) is 8.49. The van der Waals surface area contributed by atoms with Crippen LogP contribution in [0, 0.1) is 26.7 Å². The number of benzene rings is 1. The van der Waals surface area contributed by atoms with Crippen molar-refractivity contribution in [1.29, 1.82) is 0 Å². The Morgan fingerprint density at radius 2 is 1.86 bits per heavy atom. The van der Waals surface area contributed by atoms with Crippen molar-refractivity contribution in [3.8, 4) is 0 Å². The van der Waals surface area contributed by atoms with Gasteiger partial charge in [-0.3, -0.25) is 4.79 Å². The molecule has 3 heterocycles. The van der Waals surface area contributed by atoms with Crippen molar-refractivity contribution in [2.45, 2.75) is 40.2 Å². The third-order valence-electron chi connectivity index (χ3n) is 5.52. The van der Waals surface area contributed by atoms with Crippen molar-refractivity contribution in [3.63, 3.8) is 0 Å². The first kappa shape index (κ1) is 18.3. The van der Waals surface area contributed by atoms with Gasteiger partial charge in [-0.2, -0.15) is 0 Å². The number of carbonyl (C=O) groups is 1. The molecule has 0 bridgehead atoms. The first-order valence-corrected chi connectivity index (χ1v) is 9.66. The lowest BCUT2D eigenvalue weighted by Crippen LogP contribution is -2.41. The van der Waals surface area contributed by atoms with Crippen LogP contribution < -0.4 is 10.2 Å².